The molecule has 0 spiro atoms. The minimum atomic E-state index is -0.935. The van der Waals surface area contributed by atoms with Crippen molar-refractivity contribution >= 4 is 56.5 Å². The summed E-state index contributed by atoms with van der Waals surface area (Å²) in [6.45, 7) is 6.55. The number of carboxylic acids is 2. The molecule has 8 heteroatoms. The summed E-state index contributed by atoms with van der Waals surface area (Å²) in [5, 5.41) is 20.2. The molecule has 0 aliphatic rings. The summed E-state index contributed by atoms with van der Waals surface area (Å²) in [6.07, 6.45) is 16.4. The first-order valence-electron chi connectivity index (χ1n) is 10.4. The van der Waals surface area contributed by atoms with Crippen molar-refractivity contribution in [2.45, 2.75) is 77.3 Å². The molecule has 0 atom stereocenters. The maximum Gasteiger partial charge on any atom is 2.00 e. The van der Waals surface area contributed by atoms with Crippen LogP contribution in [0.5, 0.6) is 0 Å². The normalized spacial score (nSPS) is 9.42. The zero-order chi connectivity index (χ0) is 22.5. The number of hydrogen-bond acceptors (Lipinski definition) is 5. The second-order valence-corrected chi connectivity index (χ2v) is 6.91. The van der Waals surface area contributed by atoms with Gasteiger partial charge in [-0.2, -0.15) is 0 Å². The molecule has 166 valence electrons. The van der Waals surface area contributed by atoms with Gasteiger partial charge in [-0.05, 0) is 62.8 Å². The van der Waals surface area contributed by atoms with Gasteiger partial charge in [0.15, 0.2) is 0 Å². The Morgan fingerprint density at radius 2 is 0.871 bits per heavy atom. The molecule has 0 N–H and O–H groups in total. The van der Waals surface area contributed by atoms with E-state index in [-0.39, 0.29) is 50.6 Å². The Kier molecular flexibility index (Phi) is 23.6. The van der Waals surface area contributed by atoms with Gasteiger partial charge in [-0.1, -0.05) is 25.7 Å². The third-order valence-corrected chi connectivity index (χ3v) is 4.43. The van der Waals surface area contributed by atoms with Gasteiger partial charge in [-0.25, -0.2) is 0 Å². The van der Waals surface area contributed by atoms with Crippen molar-refractivity contribution in [3.63, 3.8) is 0 Å². The van der Waals surface area contributed by atoms with Crippen LogP contribution in [0.25, 0.3) is 0 Å². The summed E-state index contributed by atoms with van der Waals surface area (Å²) in [5.41, 5.74) is 0. The monoisotopic (exact) mass is 456 g/mol. The van der Waals surface area contributed by atoms with Crippen molar-refractivity contribution in [1.29, 1.82) is 0 Å². The number of hydrogen-bond donors (Lipinski definition) is 0. The Morgan fingerprint density at radius 3 is 1.16 bits per heavy atom. The number of carbonyl (C=O) groups is 2. The van der Waals surface area contributed by atoms with Crippen LogP contribution < -0.4 is 10.2 Å². The molecule has 0 aliphatic heterocycles. The number of unbranched alkanes of at least 4 members (excludes halogenated alkanes) is 6. The average Bonchev–Trinajstić information content (AvgIpc) is 3.43. The summed E-state index contributed by atoms with van der Waals surface area (Å²) in [5.74, 6) is -1.87. The van der Waals surface area contributed by atoms with E-state index < -0.39 is 11.9 Å². The SMILES string of the molecule is O=C([O-])CCCCCCn1cccc1.O=C([O-])CCCCCCn1cccc1.[C]=O.[Ca+2]. The van der Waals surface area contributed by atoms with Gasteiger partial charge in [0, 0.05) is 49.8 Å². The summed E-state index contributed by atoms with van der Waals surface area (Å²) >= 11 is 0. The van der Waals surface area contributed by atoms with E-state index in [2.05, 4.69) is 15.9 Å². The van der Waals surface area contributed by atoms with Crippen LogP contribution >= 0.6 is 0 Å². The average molecular weight is 457 g/mol. The van der Waals surface area contributed by atoms with Crippen LogP contribution in [0.3, 0.4) is 0 Å². The third-order valence-electron chi connectivity index (χ3n) is 4.43. The smallest absolute Gasteiger partial charge is 0.550 e. The molecule has 2 radical (unpaired) electrons. The van der Waals surface area contributed by atoms with Gasteiger partial charge in [0.25, 0.3) is 6.79 Å². The van der Waals surface area contributed by atoms with E-state index in [1.807, 2.05) is 49.1 Å². The molecular weight excluding hydrogens is 424 g/mol. The van der Waals surface area contributed by atoms with Gasteiger partial charge < -0.3 is 28.9 Å². The summed E-state index contributed by atoms with van der Waals surface area (Å²) in [7, 11) is 0. The Morgan fingerprint density at radius 1 is 0.581 bits per heavy atom. The Balaban J connectivity index is 0. The first-order valence-corrected chi connectivity index (χ1v) is 10.4. The maximum absolute atomic E-state index is 10.1. The molecule has 0 aromatic carbocycles. The van der Waals surface area contributed by atoms with Crippen molar-refractivity contribution in [2.75, 3.05) is 0 Å². The first-order chi connectivity index (χ1) is 14.6. The van der Waals surface area contributed by atoms with Gasteiger partial charge in [0.05, 0.1) is 0 Å². The minimum absolute atomic E-state index is 0. The summed E-state index contributed by atoms with van der Waals surface area (Å²) in [4.78, 5) is 27.7. The van der Waals surface area contributed by atoms with Crippen LogP contribution in [-0.4, -0.2) is 65.6 Å². The van der Waals surface area contributed by atoms with E-state index in [9.17, 15) is 19.8 Å². The van der Waals surface area contributed by atoms with E-state index in [4.69, 9.17) is 4.79 Å². The molecule has 0 aliphatic carbocycles. The Labute approximate surface area is 215 Å². The number of rotatable bonds is 14. The predicted octanol–water partition coefficient (Wildman–Crippen LogP) is 1.60. The van der Waals surface area contributed by atoms with Gasteiger partial charge in [-0.15, -0.1) is 0 Å². The van der Waals surface area contributed by atoms with Gasteiger partial charge >= 0.3 is 37.7 Å². The fourth-order valence-corrected chi connectivity index (χ4v) is 2.87. The van der Waals surface area contributed by atoms with Gasteiger partial charge in [-0.3, -0.25) is 4.79 Å². The number of aliphatic carboxylic acids is 2. The van der Waals surface area contributed by atoms with Crippen LogP contribution in [0.2, 0.25) is 0 Å². The third kappa shape index (κ3) is 21.4. The molecule has 2 heterocycles. The molecule has 0 fully saturated rings. The largest absolute Gasteiger partial charge is 2.00 e. The second-order valence-electron chi connectivity index (χ2n) is 6.91. The van der Waals surface area contributed by atoms with Gasteiger partial charge in [0.2, 0.25) is 0 Å². The first kappa shape index (κ1) is 31.6. The van der Waals surface area contributed by atoms with E-state index in [1.165, 1.54) is 0 Å². The van der Waals surface area contributed by atoms with Crippen molar-refractivity contribution in [1.82, 2.24) is 9.13 Å². The fraction of sp³-hybridized carbons (Fsp3) is 0.522. The van der Waals surface area contributed by atoms with Crippen LogP contribution in [-0.2, 0) is 27.5 Å². The number of aryl methyl sites for hydroxylation is 2. The number of carbonyl (C=O) groups excluding carboxylic acids is 3. The molecule has 2 aromatic rings. The molecule has 0 unspecified atom stereocenters. The van der Waals surface area contributed by atoms with Crippen molar-refractivity contribution in [2.24, 2.45) is 0 Å². The van der Waals surface area contributed by atoms with E-state index in [0.717, 1.165) is 64.5 Å². The Bertz CT molecular complexity index is 589. The fourth-order valence-electron chi connectivity index (χ4n) is 2.87. The number of nitrogens with zero attached hydrogens (tertiary/aromatic N) is 2. The molecule has 2 aromatic heterocycles. The molecule has 0 bridgehead atoms. The van der Waals surface area contributed by atoms with Crippen molar-refractivity contribution in [3.8, 4) is 0 Å². The van der Waals surface area contributed by atoms with Gasteiger partial charge in [0.1, 0.15) is 0 Å². The summed E-state index contributed by atoms with van der Waals surface area (Å²) < 4.78 is 4.28. The molecule has 31 heavy (non-hydrogen) atoms. The van der Waals surface area contributed by atoms with E-state index in [0.29, 0.717) is 0 Å². The van der Waals surface area contributed by atoms with Crippen LogP contribution in [0.15, 0.2) is 49.1 Å². The molecular formula is C23H32CaN2O5. The number of aromatic nitrogens is 2. The maximum atomic E-state index is 10.1. The molecule has 7 nitrogen and oxygen atoms in total. The van der Waals surface area contributed by atoms with E-state index in [1.54, 1.807) is 0 Å². The Hall–Kier alpha value is -1.57. The van der Waals surface area contributed by atoms with Crippen LogP contribution in [0.1, 0.15) is 64.2 Å². The minimum Gasteiger partial charge on any atom is -0.550 e. The zero-order valence-electron chi connectivity index (χ0n) is 18.2. The van der Waals surface area contributed by atoms with Crippen molar-refractivity contribution < 1.29 is 24.6 Å². The second kappa shape index (κ2) is 23.1. The molecule has 2 rings (SSSR count). The topological polar surface area (TPSA) is 107 Å². The predicted molar refractivity (Wildman–Crippen MR) is 116 cm³/mol. The van der Waals surface area contributed by atoms with Crippen molar-refractivity contribution in [3.05, 3.63) is 49.1 Å². The van der Waals surface area contributed by atoms with Crippen LogP contribution in [0.4, 0.5) is 0 Å². The quantitative estimate of drug-likeness (QED) is 0.317. The zero-order valence-corrected chi connectivity index (χ0v) is 20.5. The standard InChI is InChI=1S/2C11H17NO2.CO.Ca/c2*13-11(14)7-3-1-2-4-8-12-9-5-6-10-12;1-2;/h2*5-6,9-10H,1-4,7-8H2,(H,13,14);;/q;;;+2/p-2. The van der Waals surface area contributed by atoms with E-state index >= 15 is 0 Å². The van der Waals surface area contributed by atoms with Crippen LogP contribution in [0, 0.1) is 0 Å². The molecule has 0 amide bonds. The molecule has 0 saturated heterocycles. The summed E-state index contributed by atoms with van der Waals surface area (Å²) in [6, 6.07) is 8.04. The molecule has 0 saturated carbocycles. The number of carboxylic acid groups (broad SMARTS) is 2.